The van der Waals surface area contributed by atoms with Gasteiger partial charge in [-0.1, -0.05) is 28.1 Å². The normalized spacial score (nSPS) is 30.0. The fourth-order valence-electron chi connectivity index (χ4n) is 4.18. The van der Waals surface area contributed by atoms with E-state index in [9.17, 15) is 9.90 Å². The molecule has 126 valence electrons. The minimum atomic E-state index is -0.592. The summed E-state index contributed by atoms with van der Waals surface area (Å²) >= 11 is 3.38. The average Bonchev–Trinajstić information content (AvgIpc) is 2.67. The van der Waals surface area contributed by atoms with Crippen LogP contribution in [0.4, 0.5) is 0 Å². The van der Waals surface area contributed by atoms with Gasteiger partial charge in [0, 0.05) is 30.2 Å². The molecule has 0 saturated carbocycles. The summed E-state index contributed by atoms with van der Waals surface area (Å²) < 4.78 is 7.80. The molecule has 1 unspecified atom stereocenters. The van der Waals surface area contributed by atoms with E-state index in [0.29, 0.717) is 12.1 Å². The Labute approximate surface area is 146 Å². The van der Waals surface area contributed by atoms with E-state index in [4.69, 9.17) is 4.74 Å². The molecule has 3 rings (SSSR count). The summed E-state index contributed by atoms with van der Waals surface area (Å²) in [4.78, 5) is 12.5. The minimum absolute atomic E-state index is 0.00403. The molecule has 1 N–H and O–H groups in total. The first-order valence-electron chi connectivity index (χ1n) is 8.32. The van der Waals surface area contributed by atoms with Crippen molar-refractivity contribution >= 4 is 21.9 Å². The van der Waals surface area contributed by atoms with Crippen LogP contribution in [-0.2, 0) is 9.53 Å². The highest BCUT2D eigenvalue weighted by molar-refractivity contribution is 9.10. The second kappa shape index (κ2) is 6.54. The van der Waals surface area contributed by atoms with Crippen molar-refractivity contribution in [1.29, 1.82) is 0 Å². The molecule has 0 amide bonds. The Morgan fingerprint density at radius 2 is 1.83 bits per heavy atom. The first kappa shape index (κ1) is 16.9. The number of rotatable bonds is 4. The zero-order chi connectivity index (χ0) is 16.6. The van der Waals surface area contributed by atoms with Gasteiger partial charge in [-0.2, -0.15) is 0 Å². The topological polar surface area (TPSA) is 46.5 Å². The third kappa shape index (κ3) is 3.32. The standard InChI is InChI=1S/C18H25BrNO3/c1-20(2)14-7-8-15(20)10-16(9-14)23-18(22)17(11-21)12-3-5-13(19)6-4-12/h3-6,14-17,21H,7-11H2,1-2H3/q+1/t14-,15+,16?,17-/m1/s1. The predicted molar refractivity (Wildman–Crippen MR) is 92.0 cm³/mol. The second-order valence-corrected chi connectivity index (χ2v) is 8.25. The number of benzene rings is 1. The van der Waals surface area contributed by atoms with Crippen LogP contribution in [0.5, 0.6) is 0 Å². The molecule has 4 atom stereocenters. The van der Waals surface area contributed by atoms with Crippen LogP contribution in [0.3, 0.4) is 0 Å². The van der Waals surface area contributed by atoms with E-state index in [2.05, 4.69) is 30.0 Å². The molecule has 23 heavy (non-hydrogen) atoms. The molecule has 2 bridgehead atoms. The highest BCUT2D eigenvalue weighted by Crippen LogP contribution is 2.40. The Balaban J connectivity index is 1.66. The van der Waals surface area contributed by atoms with Gasteiger partial charge in [0.15, 0.2) is 0 Å². The van der Waals surface area contributed by atoms with Crippen LogP contribution < -0.4 is 0 Å². The number of piperidine rings is 1. The summed E-state index contributed by atoms with van der Waals surface area (Å²) in [6, 6.07) is 8.66. The van der Waals surface area contributed by atoms with Gasteiger partial charge < -0.3 is 14.3 Å². The molecule has 0 aromatic heterocycles. The molecule has 5 heteroatoms. The molecular formula is C18H25BrNO3+. The molecule has 0 aliphatic carbocycles. The first-order valence-corrected chi connectivity index (χ1v) is 9.11. The number of quaternary nitrogens is 1. The van der Waals surface area contributed by atoms with Crippen LogP contribution in [0, 0.1) is 0 Å². The van der Waals surface area contributed by atoms with Crippen molar-refractivity contribution in [2.75, 3.05) is 20.7 Å². The van der Waals surface area contributed by atoms with E-state index in [1.165, 1.54) is 12.8 Å². The van der Waals surface area contributed by atoms with Gasteiger partial charge in [-0.25, -0.2) is 0 Å². The molecule has 1 aromatic carbocycles. The van der Waals surface area contributed by atoms with Crippen LogP contribution in [-0.4, -0.2) is 54.4 Å². The number of hydrogen-bond donors (Lipinski definition) is 1. The third-order valence-electron chi connectivity index (χ3n) is 5.81. The van der Waals surface area contributed by atoms with Gasteiger partial charge in [-0.15, -0.1) is 0 Å². The Morgan fingerprint density at radius 1 is 1.26 bits per heavy atom. The lowest BCUT2D eigenvalue weighted by atomic mass is 9.96. The molecular weight excluding hydrogens is 358 g/mol. The highest BCUT2D eigenvalue weighted by Gasteiger charge is 2.50. The summed E-state index contributed by atoms with van der Waals surface area (Å²) in [6.07, 6.45) is 4.32. The average molecular weight is 383 g/mol. The van der Waals surface area contributed by atoms with Crippen molar-refractivity contribution in [2.45, 2.75) is 49.8 Å². The fourth-order valence-corrected chi connectivity index (χ4v) is 4.45. The smallest absolute Gasteiger partial charge is 0.316 e. The highest BCUT2D eigenvalue weighted by atomic mass is 79.9. The van der Waals surface area contributed by atoms with Gasteiger partial charge >= 0.3 is 5.97 Å². The van der Waals surface area contributed by atoms with E-state index in [1.807, 2.05) is 24.3 Å². The van der Waals surface area contributed by atoms with Gasteiger partial charge in [0.25, 0.3) is 0 Å². The first-order chi connectivity index (χ1) is 10.9. The van der Waals surface area contributed by atoms with Gasteiger partial charge in [0.1, 0.15) is 12.0 Å². The second-order valence-electron chi connectivity index (χ2n) is 7.33. The van der Waals surface area contributed by atoms with E-state index in [1.54, 1.807) is 0 Å². The molecule has 2 aliphatic heterocycles. The predicted octanol–water partition coefficient (Wildman–Crippen LogP) is 2.84. The number of halogens is 1. The van der Waals surface area contributed by atoms with Crippen LogP contribution >= 0.6 is 15.9 Å². The summed E-state index contributed by atoms with van der Waals surface area (Å²) in [5.74, 6) is -0.892. The Bertz CT molecular complexity index is 556. The van der Waals surface area contributed by atoms with E-state index in [-0.39, 0.29) is 18.7 Å². The summed E-state index contributed by atoms with van der Waals surface area (Å²) in [5, 5.41) is 9.63. The number of nitrogens with zero attached hydrogens (tertiary/aromatic N) is 1. The summed E-state index contributed by atoms with van der Waals surface area (Å²) in [5.41, 5.74) is 0.801. The number of hydrogen-bond acceptors (Lipinski definition) is 3. The van der Waals surface area contributed by atoms with Crippen molar-refractivity contribution in [3.05, 3.63) is 34.3 Å². The number of ether oxygens (including phenoxy) is 1. The van der Waals surface area contributed by atoms with Gasteiger partial charge in [-0.05, 0) is 17.7 Å². The van der Waals surface area contributed by atoms with Crippen LogP contribution in [0.1, 0.15) is 37.2 Å². The Kier molecular flexibility index (Phi) is 4.81. The minimum Gasteiger partial charge on any atom is -0.461 e. The van der Waals surface area contributed by atoms with Crippen molar-refractivity contribution < 1.29 is 19.1 Å². The lowest BCUT2D eigenvalue weighted by Gasteiger charge is -2.44. The largest absolute Gasteiger partial charge is 0.461 e. The summed E-state index contributed by atoms with van der Waals surface area (Å²) in [7, 11) is 4.58. The zero-order valence-corrected chi connectivity index (χ0v) is 15.3. The Morgan fingerprint density at radius 3 is 2.35 bits per heavy atom. The number of esters is 1. The quantitative estimate of drug-likeness (QED) is 0.643. The zero-order valence-electron chi connectivity index (χ0n) is 13.7. The van der Waals surface area contributed by atoms with Gasteiger partial charge in [0.2, 0.25) is 0 Å². The number of aliphatic hydroxyl groups excluding tert-OH is 1. The molecule has 2 saturated heterocycles. The third-order valence-corrected chi connectivity index (χ3v) is 6.34. The van der Waals surface area contributed by atoms with Crippen LogP contribution in [0.25, 0.3) is 0 Å². The van der Waals surface area contributed by atoms with E-state index >= 15 is 0 Å². The van der Waals surface area contributed by atoms with Crippen molar-refractivity contribution in [2.24, 2.45) is 0 Å². The molecule has 1 aromatic rings. The maximum absolute atomic E-state index is 12.5. The lowest BCUT2D eigenvalue weighted by Crippen LogP contribution is -2.56. The van der Waals surface area contributed by atoms with Gasteiger partial charge in [0.05, 0.1) is 32.8 Å². The van der Waals surface area contributed by atoms with E-state index in [0.717, 1.165) is 27.4 Å². The molecule has 2 fully saturated rings. The van der Waals surface area contributed by atoms with Crippen molar-refractivity contribution in [3.8, 4) is 0 Å². The maximum atomic E-state index is 12.5. The van der Waals surface area contributed by atoms with Gasteiger partial charge in [-0.3, -0.25) is 4.79 Å². The van der Waals surface area contributed by atoms with Crippen molar-refractivity contribution in [3.63, 3.8) is 0 Å². The van der Waals surface area contributed by atoms with Crippen molar-refractivity contribution in [1.82, 2.24) is 0 Å². The SMILES string of the molecule is C[N+]1(C)[C@@H]2CC[C@H]1CC(OC(=O)[C@H](CO)c1ccc(Br)cc1)C2. The monoisotopic (exact) mass is 382 g/mol. The summed E-state index contributed by atoms with van der Waals surface area (Å²) in [6.45, 7) is -0.221. The van der Waals surface area contributed by atoms with Crippen LogP contribution in [0.15, 0.2) is 28.7 Å². The maximum Gasteiger partial charge on any atom is 0.316 e. The lowest BCUT2D eigenvalue weighted by molar-refractivity contribution is -0.931. The number of carbonyl (C=O) groups excluding carboxylic acids is 1. The molecule has 0 radical (unpaired) electrons. The van der Waals surface area contributed by atoms with Crippen LogP contribution in [0.2, 0.25) is 0 Å². The fraction of sp³-hybridized carbons (Fsp3) is 0.611. The van der Waals surface area contributed by atoms with E-state index < -0.39 is 5.92 Å². The molecule has 2 aliphatic rings. The number of aliphatic hydroxyl groups is 1. The number of carbonyl (C=O) groups is 1. The molecule has 2 heterocycles. The number of fused-ring (bicyclic) bond motifs is 2. The molecule has 4 nitrogen and oxygen atoms in total. The molecule has 0 spiro atoms. The Hall–Kier alpha value is -0.910.